The molecule has 3 saturated carbocycles. The van der Waals surface area contributed by atoms with Crippen LogP contribution in [0.2, 0.25) is 0 Å². The topological polar surface area (TPSA) is 106 Å². The number of aliphatic carboxylic acids is 1. The molecule has 0 saturated heterocycles. The van der Waals surface area contributed by atoms with Crippen molar-refractivity contribution >= 4 is 29.0 Å². The van der Waals surface area contributed by atoms with Gasteiger partial charge < -0.3 is 9.84 Å². The fraction of sp³-hybridized carbons (Fsp3) is 0.545. The number of pyridine rings is 2. The zero-order chi connectivity index (χ0) is 29.2. The van der Waals surface area contributed by atoms with Gasteiger partial charge in [-0.2, -0.15) is 0 Å². The number of nitrogens with zero attached hydrogens (tertiary/aromatic N) is 4. The first-order valence-corrected chi connectivity index (χ1v) is 16.2. The Kier molecular flexibility index (Phi) is 8.56. The van der Waals surface area contributed by atoms with E-state index in [4.69, 9.17) is 14.7 Å². The van der Waals surface area contributed by atoms with Gasteiger partial charge >= 0.3 is 5.97 Å². The molecular weight excluding hydrogens is 548 g/mol. The molecule has 1 amide bonds. The zero-order valence-corrected chi connectivity index (χ0v) is 25.3. The maximum atomic E-state index is 14.1. The Morgan fingerprint density at radius 2 is 1.67 bits per heavy atom. The molecule has 0 aromatic carbocycles. The lowest BCUT2D eigenvalue weighted by Gasteiger charge is -2.35. The molecule has 1 N–H and O–H groups in total. The first kappa shape index (κ1) is 28.8. The minimum absolute atomic E-state index is 0.0843. The maximum absolute atomic E-state index is 14.1. The highest BCUT2D eigenvalue weighted by molar-refractivity contribution is 7.15. The minimum Gasteiger partial charge on any atom is -0.495 e. The minimum atomic E-state index is -0.749. The Bertz CT molecular complexity index is 1420. The van der Waals surface area contributed by atoms with Gasteiger partial charge in [0.2, 0.25) is 5.91 Å². The monoisotopic (exact) mass is 588 g/mol. The number of rotatable bonds is 9. The molecule has 6 rings (SSSR count). The predicted molar refractivity (Wildman–Crippen MR) is 163 cm³/mol. The van der Waals surface area contributed by atoms with Crippen molar-refractivity contribution in [3.63, 3.8) is 0 Å². The Labute approximate surface area is 251 Å². The van der Waals surface area contributed by atoms with Gasteiger partial charge in [0.25, 0.3) is 0 Å². The molecule has 9 heteroatoms. The largest absolute Gasteiger partial charge is 0.495 e. The summed E-state index contributed by atoms with van der Waals surface area (Å²) in [6, 6.07) is 8.15. The molecule has 0 atom stereocenters. The lowest BCUT2D eigenvalue weighted by Crippen LogP contribution is -2.42. The average molecular weight is 589 g/mol. The van der Waals surface area contributed by atoms with Crippen molar-refractivity contribution in [2.75, 3.05) is 18.6 Å². The normalized spacial score (nSPS) is 24.2. The van der Waals surface area contributed by atoms with Crippen LogP contribution >= 0.6 is 11.3 Å². The van der Waals surface area contributed by atoms with Gasteiger partial charge in [-0.15, -0.1) is 11.3 Å². The summed E-state index contributed by atoms with van der Waals surface area (Å²) in [6.45, 7) is 2.62. The molecule has 3 aliphatic carbocycles. The van der Waals surface area contributed by atoms with Gasteiger partial charge in [-0.05, 0) is 107 Å². The Hall–Kier alpha value is -3.33. The first-order valence-electron chi connectivity index (χ1n) is 15.4. The van der Waals surface area contributed by atoms with Gasteiger partial charge in [0.05, 0.1) is 28.6 Å². The Balaban J connectivity index is 1.19. The van der Waals surface area contributed by atoms with Crippen LogP contribution in [0.1, 0.15) is 92.4 Å². The van der Waals surface area contributed by atoms with Crippen molar-refractivity contribution in [2.24, 2.45) is 17.8 Å². The van der Waals surface area contributed by atoms with Crippen molar-refractivity contribution in [3.8, 4) is 16.2 Å². The van der Waals surface area contributed by atoms with E-state index in [1.807, 2.05) is 36.2 Å². The number of aryl methyl sites for hydroxylation is 1. The number of carbonyl (C=O) groups excluding carboxylic acids is 1. The molecule has 0 radical (unpaired) electrons. The molecule has 3 heterocycles. The molecule has 3 fully saturated rings. The Morgan fingerprint density at radius 1 is 0.952 bits per heavy atom. The van der Waals surface area contributed by atoms with Crippen LogP contribution in [0, 0.1) is 24.7 Å². The highest BCUT2D eigenvalue weighted by atomic mass is 32.1. The van der Waals surface area contributed by atoms with Crippen molar-refractivity contribution in [1.82, 2.24) is 15.0 Å². The van der Waals surface area contributed by atoms with Crippen LogP contribution in [-0.4, -0.2) is 45.6 Å². The quantitative estimate of drug-likeness (QED) is 0.287. The second-order valence-electron chi connectivity index (χ2n) is 12.3. The van der Waals surface area contributed by atoms with E-state index < -0.39 is 5.97 Å². The van der Waals surface area contributed by atoms with E-state index in [1.54, 1.807) is 24.6 Å². The van der Waals surface area contributed by atoms with Crippen LogP contribution in [0.3, 0.4) is 0 Å². The molecule has 42 heavy (non-hydrogen) atoms. The summed E-state index contributed by atoms with van der Waals surface area (Å²) >= 11 is 1.74. The smallest absolute Gasteiger partial charge is 0.306 e. The molecule has 3 aromatic heterocycles. The second-order valence-corrected chi connectivity index (χ2v) is 13.4. The van der Waals surface area contributed by atoms with Crippen LogP contribution in [0.5, 0.6) is 5.75 Å². The van der Waals surface area contributed by atoms with E-state index in [9.17, 15) is 14.7 Å². The highest BCUT2D eigenvalue weighted by Crippen LogP contribution is 2.44. The van der Waals surface area contributed by atoms with Crippen molar-refractivity contribution < 1.29 is 19.4 Å². The van der Waals surface area contributed by atoms with Gasteiger partial charge in [-0.25, -0.2) is 9.97 Å². The van der Waals surface area contributed by atoms with Crippen molar-refractivity contribution in [3.05, 3.63) is 53.1 Å². The third-order valence-corrected chi connectivity index (χ3v) is 10.6. The summed E-state index contributed by atoms with van der Waals surface area (Å²) in [4.78, 5) is 42.8. The fourth-order valence-corrected chi connectivity index (χ4v) is 7.76. The van der Waals surface area contributed by atoms with Gasteiger partial charge in [-0.3, -0.25) is 19.5 Å². The number of thiazole rings is 1. The van der Waals surface area contributed by atoms with Crippen LogP contribution < -0.4 is 9.64 Å². The lowest BCUT2D eigenvalue weighted by atomic mass is 9.79. The van der Waals surface area contributed by atoms with E-state index in [2.05, 4.69) is 11.1 Å². The number of carboxylic acid groups (broad SMARTS) is 1. The van der Waals surface area contributed by atoms with E-state index >= 15 is 0 Å². The summed E-state index contributed by atoms with van der Waals surface area (Å²) in [5.41, 5.74) is 3.09. The van der Waals surface area contributed by atoms with Crippen molar-refractivity contribution in [1.29, 1.82) is 0 Å². The van der Waals surface area contributed by atoms with Crippen LogP contribution in [0.25, 0.3) is 10.4 Å². The predicted octanol–water partition coefficient (Wildman–Crippen LogP) is 6.99. The number of carboxylic acids is 1. The molecular formula is C33H40N4O4S. The third-order valence-electron chi connectivity index (χ3n) is 9.43. The molecule has 0 spiro atoms. The number of amides is 1. The van der Waals surface area contributed by atoms with E-state index in [1.165, 1.54) is 17.8 Å². The highest BCUT2D eigenvalue weighted by Gasteiger charge is 2.35. The van der Waals surface area contributed by atoms with Gasteiger partial charge in [0, 0.05) is 42.4 Å². The van der Waals surface area contributed by atoms with Gasteiger partial charge in [0.15, 0.2) is 0 Å². The van der Waals surface area contributed by atoms with Crippen LogP contribution in [-0.2, 0) is 9.59 Å². The number of aromatic nitrogens is 3. The zero-order valence-electron chi connectivity index (χ0n) is 24.5. The molecule has 0 unspecified atom stereocenters. The second kappa shape index (κ2) is 12.5. The molecule has 0 bridgehead atoms. The number of anilines is 1. The molecule has 3 aromatic rings. The van der Waals surface area contributed by atoms with E-state index in [-0.39, 0.29) is 17.7 Å². The average Bonchev–Trinajstić information content (AvgIpc) is 3.75. The van der Waals surface area contributed by atoms with Gasteiger partial charge in [-0.1, -0.05) is 0 Å². The summed E-state index contributed by atoms with van der Waals surface area (Å²) in [6.07, 6.45) is 12.6. The van der Waals surface area contributed by atoms with E-state index in [0.29, 0.717) is 55.8 Å². The van der Waals surface area contributed by atoms with Gasteiger partial charge in [0.1, 0.15) is 11.6 Å². The first-order chi connectivity index (χ1) is 20.4. The summed E-state index contributed by atoms with van der Waals surface area (Å²) in [7, 11) is 1.67. The number of ether oxygens (including phenoxy) is 1. The number of hydrogen-bond donors (Lipinski definition) is 1. The standard InChI is InChI=1S/C33H40N4O4S/c1-20-28(41-2)14-13-27(36-20)22-5-3-21(4-6-22)19-37(32(38)24-9-11-25(12-10-24)33(39)40)30-17-26(15-16-34-30)29-18-35-31(42-29)23-7-8-23/h13-18,21-25H,3-12,19H2,1-2H3,(H,39,40)/t21-,22-,24-,25-. The number of carbonyl (C=O) groups is 2. The molecule has 222 valence electrons. The van der Waals surface area contributed by atoms with Crippen molar-refractivity contribution in [2.45, 2.75) is 83.0 Å². The number of methoxy groups -OCH3 is 1. The molecule has 3 aliphatic rings. The third kappa shape index (κ3) is 6.36. The molecule has 8 nitrogen and oxygen atoms in total. The summed E-state index contributed by atoms with van der Waals surface area (Å²) in [5.74, 6) is 1.72. The van der Waals surface area contributed by atoms with E-state index in [0.717, 1.165) is 53.3 Å². The molecule has 0 aliphatic heterocycles. The van der Waals surface area contributed by atoms with Crippen LogP contribution in [0.15, 0.2) is 36.7 Å². The maximum Gasteiger partial charge on any atom is 0.306 e. The Morgan fingerprint density at radius 3 is 2.33 bits per heavy atom. The number of hydrogen-bond acceptors (Lipinski definition) is 7. The van der Waals surface area contributed by atoms with Crippen LogP contribution in [0.4, 0.5) is 5.82 Å². The SMILES string of the molecule is COc1ccc([C@H]2CC[C@H](CN(c3cc(-c4cnc(C5CC5)s4)ccn3)C(=O)[C@H]3CC[C@H](C(=O)O)CC3)CC2)nc1C. The summed E-state index contributed by atoms with van der Waals surface area (Å²) < 4.78 is 5.39. The fourth-order valence-electron chi connectivity index (χ4n) is 6.67. The lowest BCUT2D eigenvalue weighted by molar-refractivity contribution is -0.144. The summed E-state index contributed by atoms with van der Waals surface area (Å²) in [5, 5.41) is 10.7.